The fourth-order valence-electron chi connectivity index (χ4n) is 2.14. The van der Waals surface area contributed by atoms with Crippen LogP contribution in [0.25, 0.3) is 0 Å². The lowest BCUT2D eigenvalue weighted by Crippen LogP contribution is -2.30. The summed E-state index contributed by atoms with van der Waals surface area (Å²) in [7, 11) is -1.94. The molecule has 3 N–H and O–H groups in total. The van der Waals surface area contributed by atoms with Crippen LogP contribution in [0.15, 0.2) is 23.1 Å². The first-order valence-corrected chi connectivity index (χ1v) is 6.83. The Morgan fingerprint density at radius 2 is 2.19 bits per heavy atom. The van der Waals surface area contributed by atoms with E-state index in [1.165, 1.54) is 7.05 Å². The molecule has 1 aliphatic rings. The van der Waals surface area contributed by atoms with Gasteiger partial charge < -0.3 is 5.73 Å². The highest BCUT2D eigenvalue weighted by atomic mass is 32.2. The summed E-state index contributed by atoms with van der Waals surface area (Å²) in [5.41, 5.74) is 7.88. The second-order valence-corrected chi connectivity index (χ2v) is 5.96. The van der Waals surface area contributed by atoms with E-state index in [0.717, 1.165) is 24.0 Å². The number of nitrogens with one attached hydrogen (secondary N) is 1. The molecule has 0 fully saturated rings. The van der Waals surface area contributed by atoms with Crippen LogP contribution < -0.4 is 10.5 Å². The quantitative estimate of drug-likeness (QED) is 0.786. The number of hydrogen-bond acceptors (Lipinski definition) is 3. The SMILES string of the molecule is CNS(=O)(=O)c1cccc2c1CC(N)CC2. The Labute approximate surface area is 95.9 Å². The van der Waals surface area contributed by atoms with E-state index < -0.39 is 10.0 Å². The molecule has 16 heavy (non-hydrogen) atoms. The van der Waals surface area contributed by atoms with Crippen LogP contribution in [0.2, 0.25) is 0 Å². The lowest BCUT2D eigenvalue weighted by Gasteiger charge is -2.23. The van der Waals surface area contributed by atoms with Gasteiger partial charge in [-0.15, -0.1) is 0 Å². The largest absolute Gasteiger partial charge is 0.327 e. The predicted molar refractivity (Wildman–Crippen MR) is 62.7 cm³/mol. The van der Waals surface area contributed by atoms with E-state index in [9.17, 15) is 8.42 Å². The smallest absolute Gasteiger partial charge is 0.240 e. The molecule has 0 amide bonds. The minimum absolute atomic E-state index is 0.0701. The maximum atomic E-state index is 11.8. The number of rotatable bonds is 2. The van der Waals surface area contributed by atoms with Crippen molar-refractivity contribution in [2.75, 3.05) is 7.05 Å². The van der Waals surface area contributed by atoms with Crippen LogP contribution in [0, 0.1) is 0 Å². The molecule has 1 aliphatic carbocycles. The van der Waals surface area contributed by atoms with Crippen molar-refractivity contribution in [2.24, 2.45) is 5.73 Å². The van der Waals surface area contributed by atoms with Gasteiger partial charge in [0, 0.05) is 6.04 Å². The van der Waals surface area contributed by atoms with E-state index in [1.54, 1.807) is 12.1 Å². The van der Waals surface area contributed by atoms with Gasteiger partial charge in [0.15, 0.2) is 0 Å². The summed E-state index contributed by atoms with van der Waals surface area (Å²) >= 11 is 0. The van der Waals surface area contributed by atoms with E-state index in [1.807, 2.05) is 6.07 Å². The summed E-state index contributed by atoms with van der Waals surface area (Å²) in [5, 5.41) is 0. The second kappa shape index (κ2) is 4.16. The van der Waals surface area contributed by atoms with Crippen molar-refractivity contribution in [3.05, 3.63) is 29.3 Å². The van der Waals surface area contributed by atoms with Gasteiger partial charge in [0.25, 0.3) is 0 Å². The van der Waals surface area contributed by atoms with Gasteiger partial charge in [-0.1, -0.05) is 12.1 Å². The topological polar surface area (TPSA) is 72.2 Å². The number of nitrogens with two attached hydrogens (primary N) is 1. The van der Waals surface area contributed by atoms with E-state index in [-0.39, 0.29) is 6.04 Å². The van der Waals surface area contributed by atoms with Gasteiger partial charge >= 0.3 is 0 Å². The summed E-state index contributed by atoms with van der Waals surface area (Å²) in [6, 6.07) is 5.49. The predicted octanol–water partition coefficient (Wildman–Crippen LogP) is 0.411. The standard InChI is InChI=1S/C11H16N2O2S/c1-13-16(14,15)11-4-2-3-8-5-6-9(12)7-10(8)11/h2-4,9,13H,5-7,12H2,1H3. The summed E-state index contributed by atoms with van der Waals surface area (Å²) in [6.07, 6.45) is 2.44. The fraction of sp³-hybridized carbons (Fsp3) is 0.455. The Balaban J connectivity index is 2.56. The van der Waals surface area contributed by atoms with Crippen molar-refractivity contribution in [3.8, 4) is 0 Å². The third-order valence-corrected chi connectivity index (χ3v) is 4.54. The molecular weight excluding hydrogens is 224 g/mol. The van der Waals surface area contributed by atoms with E-state index in [0.29, 0.717) is 11.3 Å². The number of aryl methyl sites for hydroxylation is 1. The maximum Gasteiger partial charge on any atom is 0.240 e. The summed E-state index contributed by atoms with van der Waals surface area (Å²) in [5.74, 6) is 0. The zero-order valence-corrected chi connectivity index (χ0v) is 10.0. The van der Waals surface area contributed by atoms with Crippen molar-refractivity contribution in [1.82, 2.24) is 4.72 Å². The molecule has 1 unspecified atom stereocenters. The lowest BCUT2D eigenvalue weighted by atomic mass is 9.89. The molecule has 0 bridgehead atoms. The highest BCUT2D eigenvalue weighted by Crippen LogP contribution is 2.26. The third-order valence-electron chi connectivity index (χ3n) is 3.04. The van der Waals surface area contributed by atoms with Crippen LogP contribution >= 0.6 is 0 Å². The first-order valence-electron chi connectivity index (χ1n) is 5.34. The molecule has 4 nitrogen and oxygen atoms in total. The van der Waals surface area contributed by atoms with Crippen LogP contribution in [-0.2, 0) is 22.9 Å². The molecule has 0 spiro atoms. The van der Waals surface area contributed by atoms with Gasteiger partial charge in [-0.25, -0.2) is 13.1 Å². The Morgan fingerprint density at radius 1 is 1.44 bits per heavy atom. The monoisotopic (exact) mass is 240 g/mol. The van der Waals surface area contributed by atoms with Gasteiger partial charge in [-0.05, 0) is 43.5 Å². The van der Waals surface area contributed by atoms with Gasteiger partial charge in [0.05, 0.1) is 4.90 Å². The Hall–Kier alpha value is -0.910. The van der Waals surface area contributed by atoms with Gasteiger partial charge in [-0.2, -0.15) is 0 Å². The number of hydrogen-bond donors (Lipinski definition) is 2. The molecule has 5 heteroatoms. The first-order chi connectivity index (χ1) is 7.54. The van der Waals surface area contributed by atoms with Crippen molar-refractivity contribution >= 4 is 10.0 Å². The molecule has 1 atom stereocenters. The number of fused-ring (bicyclic) bond motifs is 1. The zero-order valence-electron chi connectivity index (χ0n) is 9.23. The highest BCUT2D eigenvalue weighted by molar-refractivity contribution is 7.89. The Kier molecular flexibility index (Phi) is 3.01. The molecule has 0 heterocycles. The molecule has 88 valence electrons. The Bertz CT molecular complexity index is 497. The van der Waals surface area contributed by atoms with Crippen molar-refractivity contribution < 1.29 is 8.42 Å². The van der Waals surface area contributed by atoms with E-state index in [4.69, 9.17) is 5.73 Å². The normalized spacial score (nSPS) is 20.5. The maximum absolute atomic E-state index is 11.8. The van der Waals surface area contributed by atoms with Gasteiger partial charge in [0.1, 0.15) is 0 Å². The van der Waals surface area contributed by atoms with Crippen molar-refractivity contribution in [1.29, 1.82) is 0 Å². The molecule has 0 saturated heterocycles. The van der Waals surface area contributed by atoms with Crippen LogP contribution in [-0.4, -0.2) is 21.5 Å². The number of benzene rings is 1. The average molecular weight is 240 g/mol. The third kappa shape index (κ3) is 1.98. The molecule has 1 aromatic rings. The first kappa shape index (κ1) is 11.6. The molecule has 0 aromatic heterocycles. The number of sulfonamides is 1. The van der Waals surface area contributed by atoms with Crippen molar-refractivity contribution in [2.45, 2.75) is 30.2 Å². The van der Waals surface area contributed by atoms with Crippen LogP contribution in [0.1, 0.15) is 17.5 Å². The molecular formula is C11H16N2O2S. The van der Waals surface area contributed by atoms with Crippen LogP contribution in [0.4, 0.5) is 0 Å². The lowest BCUT2D eigenvalue weighted by molar-refractivity contribution is 0.559. The second-order valence-electron chi connectivity index (χ2n) is 4.10. The summed E-state index contributed by atoms with van der Waals surface area (Å²) < 4.78 is 26.0. The average Bonchev–Trinajstić information content (AvgIpc) is 2.28. The van der Waals surface area contributed by atoms with E-state index in [2.05, 4.69) is 4.72 Å². The van der Waals surface area contributed by atoms with Crippen LogP contribution in [0.5, 0.6) is 0 Å². The minimum atomic E-state index is -3.37. The summed E-state index contributed by atoms with van der Waals surface area (Å²) in [6.45, 7) is 0. The molecule has 1 aromatic carbocycles. The molecule has 0 saturated carbocycles. The van der Waals surface area contributed by atoms with Gasteiger partial charge in [-0.3, -0.25) is 0 Å². The highest BCUT2D eigenvalue weighted by Gasteiger charge is 2.23. The van der Waals surface area contributed by atoms with Crippen molar-refractivity contribution in [3.63, 3.8) is 0 Å². The molecule has 0 radical (unpaired) electrons. The fourth-order valence-corrected chi connectivity index (χ4v) is 3.16. The zero-order chi connectivity index (χ0) is 11.8. The Morgan fingerprint density at radius 3 is 2.88 bits per heavy atom. The molecule has 2 rings (SSSR count). The van der Waals surface area contributed by atoms with Crippen LogP contribution in [0.3, 0.4) is 0 Å². The molecule has 0 aliphatic heterocycles. The van der Waals surface area contributed by atoms with E-state index >= 15 is 0 Å². The van der Waals surface area contributed by atoms with Gasteiger partial charge in [0.2, 0.25) is 10.0 Å². The minimum Gasteiger partial charge on any atom is -0.327 e. The summed E-state index contributed by atoms with van der Waals surface area (Å²) in [4.78, 5) is 0.377.